The largest absolute Gasteiger partial charge is 0.416 e. The maximum atomic E-state index is 13.4. The number of alkyl halides is 3. The van der Waals surface area contributed by atoms with Crippen molar-refractivity contribution in [3.8, 4) is 5.69 Å². The third kappa shape index (κ3) is 5.88. The number of sulfonamides is 1. The van der Waals surface area contributed by atoms with Crippen LogP contribution in [0.4, 0.5) is 13.2 Å². The summed E-state index contributed by atoms with van der Waals surface area (Å²) in [5.74, 6) is -2.56. The molecule has 0 atom stereocenters. The molecule has 2 aromatic carbocycles. The van der Waals surface area contributed by atoms with Crippen LogP contribution in [0.1, 0.15) is 37.5 Å². The normalized spacial score (nSPS) is 11.5. The number of azide groups is 1. The smallest absolute Gasteiger partial charge is 0.287 e. The topological polar surface area (TPSA) is 142 Å². The van der Waals surface area contributed by atoms with E-state index in [0.29, 0.717) is 20.5 Å². The first-order chi connectivity index (χ1) is 17.3. The molecule has 0 unspecified atom stereocenters. The first-order valence-electron chi connectivity index (χ1n) is 10.4. The van der Waals surface area contributed by atoms with E-state index in [0.717, 1.165) is 30.5 Å². The van der Waals surface area contributed by atoms with Crippen LogP contribution in [0.2, 0.25) is 0 Å². The van der Waals surface area contributed by atoms with Gasteiger partial charge in [0.05, 0.1) is 18.4 Å². The van der Waals surface area contributed by atoms with Crippen LogP contribution in [0.15, 0.2) is 70.6 Å². The minimum absolute atomic E-state index is 0.229. The molecule has 192 valence electrons. The van der Waals surface area contributed by atoms with Crippen LogP contribution in [0.3, 0.4) is 0 Å². The Morgan fingerprint density at radius 2 is 1.70 bits per heavy atom. The maximum absolute atomic E-state index is 13.4. The SMILES string of the molecule is Cc1c(C(=O)N=[N+]=[N-])cc(C(=O)N(Cc2ccccc2)S(C)(=O)=O)c(=O)n1-c1cccc(C(F)(F)F)c1. The summed E-state index contributed by atoms with van der Waals surface area (Å²) >= 11 is 0. The number of halogens is 3. The molecule has 0 saturated heterocycles. The summed E-state index contributed by atoms with van der Waals surface area (Å²) in [5, 5.41) is 2.94. The van der Waals surface area contributed by atoms with Gasteiger partial charge in [-0.05, 0) is 47.4 Å². The third-order valence-electron chi connectivity index (χ3n) is 5.27. The fourth-order valence-corrected chi connectivity index (χ4v) is 4.31. The fourth-order valence-electron chi connectivity index (χ4n) is 3.52. The summed E-state index contributed by atoms with van der Waals surface area (Å²) in [5.41, 5.74) is 4.90. The lowest BCUT2D eigenvalue weighted by Gasteiger charge is -2.22. The number of amides is 2. The molecule has 3 rings (SSSR count). The highest BCUT2D eigenvalue weighted by molar-refractivity contribution is 7.88. The zero-order chi connectivity index (χ0) is 27.5. The summed E-state index contributed by atoms with van der Waals surface area (Å²) in [6.45, 7) is 0.739. The van der Waals surface area contributed by atoms with Crippen molar-refractivity contribution in [1.29, 1.82) is 0 Å². The Morgan fingerprint density at radius 3 is 2.27 bits per heavy atom. The number of carbonyl (C=O) groups excluding carboxylic acids is 2. The molecule has 2 amide bonds. The van der Waals surface area contributed by atoms with Gasteiger partial charge in [0.2, 0.25) is 10.0 Å². The Bertz CT molecular complexity index is 1600. The minimum Gasteiger partial charge on any atom is -0.287 e. The van der Waals surface area contributed by atoms with Crippen LogP contribution in [0.25, 0.3) is 16.1 Å². The van der Waals surface area contributed by atoms with E-state index in [4.69, 9.17) is 5.53 Å². The molecule has 0 aliphatic carbocycles. The van der Waals surface area contributed by atoms with Crippen molar-refractivity contribution in [3.05, 3.63) is 109 Å². The molecule has 0 aliphatic heterocycles. The highest BCUT2D eigenvalue weighted by atomic mass is 32.2. The van der Waals surface area contributed by atoms with Crippen molar-refractivity contribution in [1.82, 2.24) is 8.87 Å². The van der Waals surface area contributed by atoms with Gasteiger partial charge in [-0.2, -0.15) is 13.2 Å². The summed E-state index contributed by atoms with van der Waals surface area (Å²) in [4.78, 5) is 41.7. The maximum Gasteiger partial charge on any atom is 0.416 e. The van der Waals surface area contributed by atoms with Crippen molar-refractivity contribution in [2.45, 2.75) is 19.6 Å². The van der Waals surface area contributed by atoms with E-state index in [-0.39, 0.29) is 11.4 Å². The molecule has 1 aromatic heterocycles. The second-order valence-corrected chi connectivity index (χ2v) is 9.71. The second kappa shape index (κ2) is 10.3. The van der Waals surface area contributed by atoms with E-state index in [1.54, 1.807) is 18.2 Å². The Balaban J connectivity index is 2.31. The molecule has 0 saturated carbocycles. The van der Waals surface area contributed by atoms with Crippen LogP contribution >= 0.6 is 0 Å². The molecule has 0 spiro atoms. The highest BCUT2D eigenvalue weighted by Crippen LogP contribution is 2.30. The van der Waals surface area contributed by atoms with Crippen LogP contribution in [0.5, 0.6) is 0 Å². The fraction of sp³-hybridized carbons (Fsp3) is 0.174. The number of hydrogen-bond donors (Lipinski definition) is 0. The predicted octanol–water partition coefficient (Wildman–Crippen LogP) is 4.22. The zero-order valence-electron chi connectivity index (χ0n) is 19.3. The number of benzene rings is 2. The number of carbonyl (C=O) groups is 2. The highest BCUT2D eigenvalue weighted by Gasteiger charge is 2.32. The molecule has 1 heterocycles. The number of rotatable bonds is 6. The molecular weight excluding hydrogens is 515 g/mol. The summed E-state index contributed by atoms with van der Waals surface area (Å²) in [6.07, 6.45) is -4.03. The summed E-state index contributed by atoms with van der Waals surface area (Å²) < 4.78 is 66.0. The zero-order valence-corrected chi connectivity index (χ0v) is 20.1. The van der Waals surface area contributed by atoms with Crippen LogP contribution in [-0.2, 0) is 22.7 Å². The molecule has 14 heteroatoms. The lowest BCUT2D eigenvalue weighted by atomic mass is 10.1. The first kappa shape index (κ1) is 27.2. The monoisotopic (exact) mass is 533 g/mol. The van der Waals surface area contributed by atoms with E-state index in [1.807, 2.05) is 0 Å². The average molecular weight is 533 g/mol. The number of hydrogen-bond acceptors (Lipinski definition) is 5. The van der Waals surface area contributed by atoms with E-state index >= 15 is 0 Å². The third-order valence-corrected chi connectivity index (χ3v) is 6.37. The van der Waals surface area contributed by atoms with Gasteiger partial charge in [0.1, 0.15) is 5.56 Å². The molecular formula is C23H18F3N5O5S. The van der Waals surface area contributed by atoms with Gasteiger partial charge >= 0.3 is 6.18 Å². The van der Waals surface area contributed by atoms with E-state index in [1.165, 1.54) is 19.1 Å². The molecule has 3 aromatic rings. The van der Waals surface area contributed by atoms with Crippen molar-refractivity contribution in [3.63, 3.8) is 0 Å². The molecule has 0 fully saturated rings. The Labute approximate surface area is 208 Å². The standard InChI is InChI=1S/C23H18F3N5O5S/c1-14-18(20(32)28-29-27)12-19(21(33)30(37(2,35)36)13-15-7-4-3-5-8-15)22(34)31(14)17-10-6-9-16(11-17)23(24,25)26/h3-12H,13H2,1-2H3. The van der Waals surface area contributed by atoms with Gasteiger partial charge in [-0.3, -0.25) is 19.0 Å². The van der Waals surface area contributed by atoms with Crippen LogP contribution in [-0.4, -0.2) is 35.4 Å². The van der Waals surface area contributed by atoms with Gasteiger partial charge in [0.25, 0.3) is 17.4 Å². The van der Waals surface area contributed by atoms with E-state index in [2.05, 4.69) is 10.0 Å². The van der Waals surface area contributed by atoms with Gasteiger partial charge in [0, 0.05) is 21.9 Å². The second-order valence-electron chi connectivity index (χ2n) is 7.80. The molecule has 10 nitrogen and oxygen atoms in total. The van der Waals surface area contributed by atoms with Gasteiger partial charge in [-0.15, -0.1) is 0 Å². The molecule has 37 heavy (non-hydrogen) atoms. The van der Waals surface area contributed by atoms with Gasteiger partial charge in [-0.1, -0.05) is 36.4 Å². The van der Waals surface area contributed by atoms with E-state index < -0.39 is 56.8 Å². The lowest BCUT2D eigenvalue weighted by molar-refractivity contribution is -0.137. The molecule has 0 radical (unpaired) electrons. The summed E-state index contributed by atoms with van der Waals surface area (Å²) in [7, 11) is -4.26. The van der Waals surface area contributed by atoms with Crippen molar-refractivity contribution < 1.29 is 31.2 Å². The Morgan fingerprint density at radius 1 is 1.05 bits per heavy atom. The van der Waals surface area contributed by atoms with Crippen LogP contribution < -0.4 is 5.56 Å². The van der Waals surface area contributed by atoms with Gasteiger partial charge in [0.15, 0.2) is 0 Å². The number of aromatic nitrogens is 1. The Kier molecular flexibility index (Phi) is 7.55. The Hall–Kier alpha value is -4.42. The molecule has 0 aliphatic rings. The average Bonchev–Trinajstić information content (AvgIpc) is 2.82. The number of pyridine rings is 1. The quantitative estimate of drug-likeness (QED) is 0.265. The van der Waals surface area contributed by atoms with E-state index in [9.17, 15) is 36.0 Å². The lowest BCUT2D eigenvalue weighted by Crippen LogP contribution is -2.40. The van der Waals surface area contributed by atoms with Crippen LogP contribution in [0, 0.1) is 6.92 Å². The van der Waals surface area contributed by atoms with Crippen molar-refractivity contribution in [2.24, 2.45) is 5.11 Å². The minimum atomic E-state index is -4.77. The number of nitrogens with zero attached hydrogens (tertiary/aromatic N) is 5. The van der Waals surface area contributed by atoms with Gasteiger partial charge in [-0.25, -0.2) is 12.7 Å². The van der Waals surface area contributed by atoms with Gasteiger partial charge < -0.3 is 0 Å². The molecule has 0 bridgehead atoms. The van der Waals surface area contributed by atoms with Crippen molar-refractivity contribution in [2.75, 3.05) is 6.26 Å². The molecule has 0 N–H and O–H groups in total. The predicted molar refractivity (Wildman–Crippen MR) is 126 cm³/mol. The van der Waals surface area contributed by atoms with Crippen molar-refractivity contribution >= 4 is 21.8 Å². The summed E-state index contributed by atoms with van der Waals surface area (Å²) in [6, 6.07) is 12.3. The first-order valence-corrected chi connectivity index (χ1v) is 12.2.